The lowest BCUT2D eigenvalue weighted by molar-refractivity contribution is 0.0305. The summed E-state index contributed by atoms with van der Waals surface area (Å²) < 4.78 is 5.79. The van der Waals surface area contributed by atoms with Crippen molar-refractivity contribution in [3.63, 3.8) is 0 Å². The molecule has 3 heterocycles. The second-order valence-corrected chi connectivity index (χ2v) is 5.02. The monoisotopic (exact) mass is 225 g/mol. The van der Waals surface area contributed by atoms with E-state index in [-0.39, 0.29) is 0 Å². The molecule has 2 unspecified atom stereocenters. The van der Waals surface area contributed by atoms with Crippen molar-refractivity contribution in [1.82, 2.24) is 4.98 Å². The molecule has 82 valence electrons. The Morgan fingerprint density at radius 2 is 2.20 bits per heavy atom. The van der Waals surface area contributed by atoms with Gasteiger partial charge >= 0.3 is 0 Å². The number of morpholine rings is 1. The zero-order valence-corrected chi connectivity index (χ0v) is 9.37. The van der Waals surface area contributed by atoms with Crippen LogP contribution in [-0.2, 0) is 11.3 Å². The van der Waals surface area contributed by atoms with Crippen LogP contribution in [0.25, 0.3) is 0 Å². The molecule has 5 heteroatoms. The summed E-state index contributed by atoms with van der Waals surface area (Å²) in [6, 6.07) is 0. The molecule has 0 radical (unpaired) electrons. The third-order valence-electron chi connectivity index (χ3n) is 3.06. The molecule has 2 atom stereocenters. The SMILES string of the molecule is NCc1csc(N2CC3CCC(C2)O3)n1. The average molecular weight is 225 g/mol. The second kappa shape index (κ2) is 3.73. The normalized spacial score (nSPS) is 29.8. The number of fused-ring (bicyclic) bond motifs is 2. The second-order valence-electron chi connectivity index (χ2n) is 4.19. The first-order valence-electron chi connectivity index (χ1n) is 5.40. The average Bonchev–Trinajstić information content (AvgIpc) is 2.85. The summed E-state index contributed by atoms with van der Waals surface area (Å²) in [7, 11) is 0. The largest absolute Gasteiger partial charge is 0.371 e. The van der Waals surface area contributed by atoms with Crippen molar-refractivity contribution in [2.75, 3.05) is 18.0 Å². The molecule has 2 saturated heterocycles. The third kappa shape index (κ3) is 1.75. The molecule has 2 aliphatic heterocycles. The van der Waals surface area contributed by atoms with E-state index in [1.165, 1.54) is 12.8 Å². The lowest BCUT2D eigenvalue weighted by atomic mass is 10.2. The quantitative estimate of drug-likeness (QED) is 0.815. The molecule has 3 rings (SSSR count). The minimum absolute atomic E-state index is 0.425. The van der Waals surface area contributed by atoms with Gasteiger partial charge in [-0.1, -0.05) is 0 Å². The summed E-state index contributed by atoms with van der Waals surface area (Å²) >= 11 is 1.69. The number of aromatic nitrogens is 1. The van der Waals surface area contributed by atoms with Gasteiger partial charge in [-0.3, -0.25) is 0 Å². The maximum Gasteiger partial charge on any atom is 0.185 e. The van der Waals surface area contributed by atoms with Gasteiger partial charge in [-0.15, -0.1) is 11.3 Å². The van der Waals surface area contributed by atoms with E-state index in [1.807, 2.05) is 5.38 Å². The van der Waals surface area contributed by atoms with Crippen molar-refractivity contribution in [2.45, 2.75) is 31.6 Å². The molecule has 1 aromatic heterocycles. The lowest BCUT2D eigenvalue weighted by Crippen LogP contribution is -2.42. The smallest absolute Gasteiger partial charge is 0.185 e. The molecule has 0 spiro atoms. The van der Waals surface area contributed by atoms with Crippen molar-refractivity contribution >= 4 is 16.5 Å². The highest BCUT2D eigenvalue weighted by Gasteiger charge is 2.34. The van der Waals surface area contributed by atoms with E-state index >= 15 is 0 Å². The zero-order valence-electron chi connectivity index (χ0n) is 8.56. The van der Waals surface area contributed by atoms with Gasteiger partial charge in [-0.2, -0.15) is 0 Å². The van der Waals surface area contributed by atoms with Crippen LogP contribution in [-0.4, -0.2) is 30.3 Å². The van der Waals surface area contributed by atoms with E-state index < -0.39 is 0 Å². The van der Waals surface area contributed by atoms with Crippen LogP contribution >= 0.6 is 11.3 Å². The van der Waals surface area contributed by atoms with E-state index in [9.17, 15) is 0 Å². The Labute approximate surface area is 93.0 Å². The fourth-order valence-corrected chi connectivity index (χ4v) is 3.16. The third-order valence-corrected chi connectivity index (χ3v) is 4.01. The van der Waals surface area contributed by atoms with Crippen molar-refractivity contribution in [3.8, 4) is 0 Å². The highest BCUT2D eigenvalue weighted by atomic mass is 32.1. The highest BCUT2D eigenvalue weighted by Crippen LogP contribution is 2.31. The van der Waals surface area contributed by atoms with Gasteiger partial charge in [0.05, 0.1) is 17.9 Å². The van der Waals surface area contributed by atoms with Crippen LogP contribution in [0.5, 0.6) is 0 Å². The van der Waals surface area contributed by atoms with E-state index in [2.05, 4.69) is 9.88 Å². The fourth-order valence-electron chi connectivity index (χ4n) is 2.31. The van der Waals surface area contributed by atoms with Crippen LogP contribution in [0.1, 0.15) is 18.5 Å². The zero-order chi connectivity index (χ0) is 10.3. The summed E-state index contributed by atoms with van der Waals surface area (Å²) in [5, 5.41) is 3.16. The predicted octanol–water partition coefficient (Wildman–Crippen LogP) is 0.969. The first kappa shape index (κ1) is 9.57. The number of thiazole rings is 1. The Hall–Kier alpha value is -0.650. The Morgan fingerprint density at radius 3 is 2.80 bits per heavy atom. The molecule has 0 aromatic carbocycles. The lowest BCUT2D eigenvalue weighted by Gasteiger charge is -2.31. The van der Waals surface area contributed by atoms with Gasteiger partial charge in [0, 0.05) is 25.0 Å². The number of rotatable bonds is 2. The van der Waals surface area contributed by atoms with Gasteiger partial charge < -0.3 is 15.4 Å². The summed E-state index contributed by atoms with van der Waals surface area (Å²) in [4.78, 5) is 6.86. The number of hydrogen-bond acceptors (Lipinski definition) is 5. The Kier molecular flexibility index (Phi) is 2.38. The first-order valence-corrected chi connectivity index (χ1v) is 6.28. The molecule has 0 amide bonds. The van der Waals surface area contributed by atoms with Gasteiger partial charge in [0.25, 0.3) is 0 Å². The van der Waals surface area contributed by atoms with Gasteiger partial charge in [0.1, 0.15) is 0 Å². The molecule has 2 aliphatic rings. The van der Waals surface area contributed by atoms with Crippen LogP contribution in [0.4, 0.5) is 5.13 Å². The van der Waals surface area contributed by atoms with Crippen LogP contribution in [0.3, 0.4) is 0 Å². The molecule has 2 N–H and O–H groups in total. The predicted molar refractivity (Wildman–Crippen MR) is 60.1 cm³/mol. The molecule has 0 saturated carbocycles. The Balaban J connectivity index is 1.77. The maximum atomic E-state index is 5.79. The van der Waals surface area contributed by atoms with Crippen LogP contribution < -0.4 is 10.6 Å². The fraction of sp³-hybridized carbons (Fsp3) is 0.700. The van der Waals surface area contributed by atoms with E-state index in [4.69, 9.17) is 10.5 Å². The standard InChI is InChI=1S/C10H15N3OS/c11-3-7-6-15-10(12-7)13-4-8-1-2-9(5-13)14-8/h6,8-9H,1-5,11H2. The van der Waals surface area contributed by atoms with Crippen molar-refractivity contribution < 1.29 is 4.74 Å². The topological polar surface area (TPSA) is 51.4 Å². The molecular formula is C10H15N3OS. The Morgan fingerprint density at radius 1 is 1.47 bits per heavy atom. The molecule has 0 aliphatic carbocycles. The van der Waals surface area contributed by atoms with Crippen molar-refractivity contribution in [3.05, 3.63) is 11.1 Å². The van der Waals surface area contributed by atoms with Gasteiger partial charge in [-0.25, -0.2) is 4.98 Å². The number of anilines is 1. The van der Waals surface area contributed by atoms with Crippen LogP contribution in [0.15, 0.2) is 5.38 Å². The molecule has 4 nitrogen and oxygen atoms in total. The number of nitrogens with two attached hydrogens (primary N) is 1. The summed E-state index contributed by atoms with van der Waals surface area (Å²) in [5.74, 6) is 0. The maximum absolute atomic E-state index is 5.79. The summed E-state index contributed by atoms with van der Waals surface area (Å²) in [6.07, 6.45) is 3.26. The number of nitrogens with zero attached hydrogens (tertiary/aromatic N) is 2. The first-order chi connectivity index (χ1) is 7.35. The van der Waals surface area contributed by atoms with E-state index in [0.717, 1.165) is 23.9 Å². The molecule has 2 fully saturated rings. The van der Waals surface area contributed by atoms with Crippen LogP contribution in [0.2, 0.25) is 0 Å². The van der Waals surface area contributed by atoms with Crippen LogP contribution in [0, 0.1) is 0 Å². The van der Waals surface area contributed by atoms with E-state index in [0.29, 0.717) is 18.8 Å². The Bertz CT molecular complexity index is 342. The minimum Gasteiger partial charge on any atom is -0.371 e. The summed E-state index contributed by atoms with van der Waals surface area (Å²) in [5.41, 5.74) is 6.55. The minimum atomic E-state index is 0.425. The highest BCUT2D eigenvalue weighted by molar-refractivity contribution is 7.13. The molecular weight excluding hydrogens is 210 g/mol. The molecule has 15 heavy (non-hydrogen) atoms. The van der Waals surface area contributed by atoms with Crippen molar-refractivity contribution in [2.24, 2.45) is 5.73 Å². The molecule has 1 aromatic rings. The van der Waals surface area contributed by atoms with Gasteiger partial charge in [-0.05, 0) is 12.8 Å². The number of hydrogen-bond donors (Lipinski definition) is 1. The van der Waals surface area contributed by atoms with Gasteiger partial charge in [0.15, 0.2) is 5.13 Å². The van der Waals surface area contributed by atoms with Gasteiger partial charge in [0.2, 0.25) is 0 Å². The van der Waals surface area contributed by atoms with E-state index in [1.54, 1.807) is 11.3 Å². The summed E-state index contributed by atoms with van der Waals surface area (Å²) in [6.45, 7) is 2.52. The van der Waals surface area contributed by atoms with Crippen molar-refractivity contribution in [1.29, 1.82) is 0 Å². The molecule has 2 bridgehead atoms. The number of ether oxygens (including phenoxy) is 1.